The molecule has 2 saturated carbocycles. The normalized spacial score (nSPS) is 22.7. The van der Waals surface area contributed by atoms with Crippen molar-refractivity contribution in [1.82, 2.24) is 44.4 Å². The van der Waals surface area contributed by atoms with Crippen LogP contribution in [0.5, 0.6) is 0 Å². The van der Waals surface area contributed by atoms with Crippen molar-refractivity contribution in [1.29, 1.82) is 0 Å². The lowest BCUT2D eigenvalue weighted by Gasteiger charge is -2.36. The highest BCUT2D eigenvalue weighted by molar-refractivity contribution is 6.08. The number of aromatic nitrogens is 7. The molecule has 7 heterocycles. The molecule has 2 aliphatic carbocycles. The van der Waals surface area contributed by atoms with Crippen LogP contribution in [-0.4, -0.2) is 102 Å². The summed E-state index contributed by atoms with van der Waals surface area (Å²) in [7, 11) is 1.85. The number of halogens is 2. The Morgan fingerprint density at radius 3 is 2.46 bits per heavy atom. The van der Waals surface area contributed by atoms with Gasteiger partial charge in [-0.25, -0.2) is 18.3 Å². The molecule has 0 spiro atoms. The maximum atomic E-state index is 14.4. The number of hydrogen-bond donors (Lipinski definition) is 2. The van der Waals surface area contributed by atoms with Crippen LogP contribution in [0.3, 0.4) is 0 Å². The molecule has 5 aliphatic rings. The Hall–Kier alpha value is -5.73. The number of para-hydroxylation sites is 1. The van der Waals surface area contributed by atoms with Gasteiger partial charge in [-0.2, -0.15) is 15.3 Å². The lowest BCUT2D eigenvalue weighted by Crippen LogP contribution is -2.40. The lowest BCUT2D eigenvalue weighted by molar-refractivity contribution is -0.134. The number of carbonyl (C=O) groups is 3. The maximum Gasteiger partial charge on any atom is 0.284 e. The first-order chi connectivity index (χ1) is 31.6. The van der Waals surface area contributed by atoms with Gasteiger partial charge in [-0.15, -0.1) is 0 Å². The predicted molar refractivity (Wildman–Crippen MR) is 240 cm³/mol. The van der Waals surface area contributed by atoms with E-state index in [1.54, 1.807) is 26.3 Å². The molecule has 5 fully saturated rings. The Bertz CT molecular complexity index is 2620. The van der Waals surface area contributed by atoms with Gasteiger partial charge in [0.05, 0.1) is 46.7 Å². The number of amides is 3. The zero-order chi connectivity index (χ0) is 44.6. The Balaban J connectivity index is 0.686. The quantitative estimate of drug-likeness (QED) is 0.101. The van der Waals surface area contributed by atoms with Crippen LogP contribution in [0.25, 0.3) is 16.6 Å². The number of likely N-dealkylation sites (tertiary alicyclic amines) is 1. The molecule has 65 heavy (non-hydrogen) atoms. The number of nitrogens with zero attached hydrogens (tertiary/aromatic N) is 9. The molecular formula is C48H57F2N11O4. The summed E-state index contributed by atoms with van der Waals surface area (Å²) in [6, 6.07) is 7.70. The second-order valence-electron chi connectivity index (χ2n) is 18.9. The predicted octanol–water partition coefficient (Wildman–Crippen LogP) is 6.80. The van der Waals surface area contributed by atoms with Crippen LogP contribution in [0.4, 0.5) is 20.3 Å². The van der Waals surface area contributed by atoms with Crippen molar-refractivity contribution in [2.24, 2.45) is 24.8 Å². The highest BCUT2D eigenvalue weighted by Gasteiger charge is 2.33. The zero-order valence-electron chi connectivity index (χ0n) is 36.9. The van der Waals surface area contributed by atoms with E-state index in [0.29, 0.717) is 36.7 Å². The molecule has 2 N–H and O–H groups in total. The Labute approximate surface area is 376 Å². The number of imide groups is 1. The van der Waals surface area contributed by atoms with Crippen molar-refractivity contribution in [3.63, 3.8) is 0 Å². The van der Waals surface area contributed by atoms with Crippen LogP contribution in [0.15, 0.2) is 42.9 Å². The molecule has 4 aromatic heterocycles. The minimum Gasteiger partial charge on any atom is -0.365 e. The average Bonchev–Trinajstić information content (AvgIpc) is 3.69. The first-order valence-corrected chi connectivity index (χ1v) is 23.5. The molecule has 3 saturated heterocycles. The van der Waals surface area contributed by atoms with E-state index in [9.17, 15) is 23.2 Å². The van der Waals surface area contributed by atoms with Crippen molar-refractivity contribution in [3.8, 4) is 11.8 Å². The van der Waals surface area contributed by atoms with E-state index in [1.807, 2.05) is 31.3 Å². The number of ether oxygens (including phenoxy) is 1. The molecule has 1 atom stereocenters. The van der Waals surface area contributed by atoms with Gasteiger partial charge >= 0.3 is 0 Å². The van der Waals surface area contributed by atoms with E-state index in [-0.39, 0.29) is 35.2 Å². The third-order valence-electron chi connectivity index (χ3n) is 14.4. The van der Waals surface area contributed by atoms with Gasteiger partial charge in [0.15, 0.2) is 11.3 Å². The molecule has 5 aromatic rings. The number of anilines is 2. The molecule has 0 radical (unpaired) electrons. The van der Waals surface area contributed by atoms with E-state index in [0.717, 1.165) is 118 Å². The standard InChI is InChI=1S/C48H57F2N11O4/c1-57-44-33(4-2-6-36(44)42(55-57)37-13-14-41(62)54-47(37)63)5-3-25-65-35-17-20-58(21-18-35)28-32-9-11-34(12-10-32)61-29-39(43(56-61)45(49)50)52-48(64)38-27-51-60-24-19-40(53-46(38)60)59-22-15-31(16-23-59)26-30-7-8-30/h2,4,6,19,24,27,29-32,34-35,37,45H,7-18,20-23,25-26,28H2,1H3,(H,52,64)(H,54,62,63). The van der Waals surface area contributed by atoms with Crippen molar-refractivity contribution >= 4 is 45.8 Å². The zero-order valence-corrected chi connectivity index (χ0v) is 36.9. The molecule has 17 heteroatoms. The second kappa shape index (κ2) is 18.6. The number of nitrogens with one attached hydrogen (secondary N) is 2. The summed E-state index contributed by atoms with van der Waals surface area (Å²) in [5.41, 5.74) is 2.55. The summed E-state index contributed by atoms with van der Waals surface area (Å²) in [5.74, 6) is 7.88. The highest BCUT2D eigenvalue weighted by Crippen LogP contribution is 2.39. The summed E-state index contributed by atoms with van der Waals surface area (Å²) < 4.78 is 39.9. The van der Waals surface area contributed by atoms with E-state index in [2.05, 4.69) is 47.6 Å². The minimum atomic E-state index is -2.85. The SMILES string of the molecule is Cn1nc(C2CCC(=O)NC2=O)c2cccc(C#CCOC3CCN(CC4CCC(n5cc(NC(=O)c6cnn7ccc(N8CCC(CC9CC9)CC8)nc67)c(C(F)F)n5)CC4)CC3)c21. The first-order valence-electron chi connectivity index (χ1n) is 23.5. The third-order valence-corrected chi connectivity index (χ3v) is 14.4. The number of benzene rings is 1. The topological polar surface area (TPSA) is 157 Å². The second-order valence-corrected chi connectivity index (χ2v) is 18.9. The van der Waals surface area contributed by atoms with Crippen molar-refractivity contribution in [3.05, 3.63) is 65.4 Å². The van der Waals surface area contributed by atoms with Gasteiger partial charge in [0.2, 0.25) is 11.8 Å². The summed E-state index contributed by atoms with van der Waals surface area (Å²) >= 11 is 0. The van der Waals surface area contributed by atoms with E-state index in [4.69, 9.17) is 9.72 Å². The van der Waals surface area contributed by atoms with E-state index >= 15 is 0 Å². The number of aryl methyl sites for hydroxylation is 1. The van der Waals surface area contributed by atoms with E-state index in [1.165, 1.54) is 25.5 Å². The van der Waals surface area contributed by atoms with E-state index < -0.39 is 23.9 Å². The van der Waals surface area contributed by atoms with Crippen LogP contribution in [0.2, 0.25) is 0 Å². The highest BCUT2D eigenvalue weighted by atomic mass is 19.3. The molecule has 10 rings (SSSR count). The number of hydrogen-bond acceptors (Lipinski definition) is 10. The fourth-order valence-electron chi connectivity index (χ4n) is 10.6. The Morgan fingerprint density at radius 2 is 1.71 bits per heavy atom. The molecular weight excluding hydrogens is 833 g/mol. The summed E-state index contributed by atoms with van der Waals surface area (Å²) in [5, 5.41) is 19.3. The molecule has 1 aromatic carbocycles. The fraction of sp³-hybridized carbons (Fsp3) is 0.562. The maximum absolute atomic E-state index is 14.4. The Kier molecular flexibility index (Phi) is 12.4. The van der Waals surface area contributed by atoms with Crippen LogP contribution < -0.4 is 15.5 Å². The van der Waals surface area contributed by atoms with Crippen LogP contribution >= 0.6 is 0 Å². The van der Waals surface area contributed by atoms with Gasteiger partial charge in [-0.05, 0) is 94.1 Å². The summed E-state index contributed by atoms with van der Waals surface area (Å²) in [6.45, 7) is 5.04. The largest absolute Gasteiger partial charge is 0.365 e. The molecule has 1 unspecified atom stereocenters. The van der Waals surface area contributed by atoms with Crippen molar-refractivity contribution in [2.45, 2.75) is 108 Å². The number of piperidine rings is 3. The molecule has 3 amide bonds. The van der Waals surface area contributed by atoms with Crippen molar-refractivity contribution in [2.75, 3.05) is 49.5 Å². The lowest BCUT2D eigenvalue weighted by atomic mass is 9.85. The number of fused-ring (bicyclic) bond motifs is 2. The number of alkyl halides is 2. The van der Waals surface area contributed by atoms with Crippen molar-refractivity contribution < 1.29 is 27.9 Å². The van der Waals surface area contributed by atoms with Crippen LogP contribution in [-0.2, 0) is 21.4 Å². The van der Waals surface area contributed by atoms with Gasteiger partial charge in [-0.1, -0.05) is 36.8 Å². The van der Waals surface area contributed by atoms with Crippen LogP contribution in [0.1, 0.15) is 129 Å². The van der Waals surface area contributed by atoms with Gasteiger partial charge in [-0.3, -0.25) is 29.1 Å². The fourth-order valence-corrected chi connectivity index (χ4v) is 10.6. The van der Waals surface area contributed by atoms with Gasteiger partial charge in [0.1, 0.15) is 18.0 Å². The van der Waals surface area contributed by atoms with Crippen LogP contribution in [0, 0.1) is 29.6 Å². The monoisotopic (exact) mass is 889 g/mol. The minimum absolute atomic E-state index is 0.0165. The molecule has 0 bridgehead atoms. The number of carbonyl (C=O) groups excluding carboxylic acids is 3. The molecule has 15 nitrogen and oxygen atoms in total. The Morgan fingerprint density at radius 1 is 0.938 bits per heavy atom. The molecule has 342 valence electrons. The third kappa shape index (κ3) is 9.51. The van der Waals surface area contributed by atoms with Gasteiger partial charge in [0, 0.05) is 64.0 Å². The summed E-state index contributed by atoms with van der Waals surface area (Å²) in [6.07, 6.45) is 14.6. The number of rotatable bonds is 12. The average molecular weight is 890 g/mol. The van der Waals surface area contributed by atoms with Gasteiger partial charge in [0.25, 0.3) is 12.3 Å². The summed E-state index contributed by atoms with van der Waals surface area (Å²) in [4.78, 5) is 47.5. The molecule has 3 aliphatic heterocycles. The van der Waals surface area contributed by atoms with Gasteiger partial charge < -0.3 is 19.9 Å². The first kappa shape index (κ1) is 43.2. The smallest absolute Gasteiger partial charge is 0.284 e.